The standard InChI is InChI=1S/C25H22BrClN2O2S/c1-14-8-21(9-15(2)23(14)26)29-16(3)10-19(17(29)4)12-22-24(30)28(25(31)32-22)13-18-6-5-7-20(27)11-18/h5-12H,13H2,1-4H3/b22-12-. The number of carbonyl (C=O) groups is 2. The lowest BCUT2D eigenvalue weighted by molar-refractivity contribution is -0.123. The van der Waals surface area contributed by atoms with E-state index in [-0.39, 0.29) is 17.7 Å². The Morgan fingerprint density at radius 3 is 2.38 bits per heavy atom. The molecule has 1 aliphatic rings. The number of halogens is 2. The summed E-state index contributed by atoms with van der Waals surface area (Å²) in [6.07, 6.45) is 1.82. The second-order valence-corrected chi connectivity index (χ2v) is 10.2. The van der Waals surface area contributed by atoms with Gasteiger partial charge in [0.15, 0.2) is 0 Å². The monoisotopic (exact) mass is 528 g/mol. The lowest BCUT2D eigenvalue weighted by Gasteiger charge is -2.13. The normalized spacial score (nSPS) is 15.3. The molecule has 0 aliphatic carbocycles. The Hall–Kier alpha value is -2.28. The Kier molecular flexibility index (Phi) is 6.39. The molecule has 1 fully saturated rings. The molecule has 1 aliphatic heterocycles. The molecule has 2 aromatic carbocycles. The second kappa shape index (κ2) is 8.93. The lowest BCUT2D eigenvalue weighted by Crippen LogP contribution is -2.27. The number of amides is 2. The summed E-state index contributed by atoms with van der Waals surface area (Å²) < 4.78 is 3.28. The van der Waals surface area contributed by atoms with Crippen LogP contribution in [0.25, 0.3) is 11.8 Å². The molecule has 0 saturated carbocycles. The summed E-state index contributed by atoms with van der Waals surface area (Å²) in [7, 11) is 0. The van der Waals surface area contributed by atoms with E-state index in [0.29, 0.717) is 9.93 Å². The molecule has 0 N–H and O–H groups in total. The largest absolute Gasteiger partial charge is 0.318 e. The zero-order valence-corrected chi connectivity index (χ0v) is 21.4. The predicted octanol–water partition coefficient (Wildman–Crippen LogP) is 7.36. The molecule has 32 heavy (non-hydrogen) atoms. The minimum Gasteiger partial charge on any atom is -0.318 e. The van der Waals surface area contributed by atoms with Crippen molar-refractivity contribution in [3.8, 4) is 5.69 Å². The van der Waals surface area contributed by atoms with Gasteiger partial charge in [0.25, 0.3) is 11.1 Å². The molecule has 164 valence electrons. The fourth-order valence-corrected chi connectivity index (χ4v) is 5.25. The smallest absolute Gasteiger partial charge is 0.293 e. The first-order chi connectivity index (χ1) is 15.2. The van der Waals surface area contributed by atoms with E-state index in [9.17, 15) is 9.59 Å². The van der Waals surface area contributed by atoms with Crippen LogP contribution in [-0.4, -0.2) is 20.6 Å². The van der Waals surface area contributed by atoms with Crippen LogP contribution in [0.2, 0.25) is 5.02 Å². The molecule has 1 saturated heterocycles. The summed E-state index contributed by atoms with van der Waals surface area (Å²) in [5.41, 5.74) is 7.23. The van der Waals surface area contributed by atoms with Crippen molar-refractivity contribution in [3.05, 3.63) is 90.5 Å². The van der Waals surface area contributed by atoms with Crippen LogP contribution < -0.4 is 0 Å². The van der Waals surface area contributed by atoms with Crippen LogP contribution in [0.1, 0.15) is 33.6 Å². The van der Waals surface area contributed by atoms with Crippen LogP contribution in [0.4, 0.5) is 4.79 Å². The van der Waals surface area contributed by atoms with Gasteiger partial charge < -0.3 is 4.57 Å². The van der Waals surface area contributed by atoms with Crippen molar-refractivity contribution in [1.82, 2.24) is 9.47 Å². The van der Waals surface area contributed by atoms with Crippen LogP contribution >= 0.6 is 39.3 Å². The third-order valence-corrected chi connectivity index (χ3v) is 7.93. The number of rotatable bonds is 4. The van der Waals surface area contributed by atoms with Crippen LogP contribution in [0.5, 0.6) is 0 Å². The summed E-state index contributed by atoms with van der Waals surface area (Å²) >= 11 is 10.6. The van der Waals surface area contributed by atoms with Gasteiger partial charge in [0.05, 0.1) is 11.4 Å². The van der Waals surface area contributed by atoms with E-state index >= 15 is 0 Å². The van der Waals surface area contributed by atoms with Crippen molar-refractivity contribution in [2.75, 3.05) is 0 Å². The highest BCUT2D eigenvalue weighted by molar-refractivity contribution is 9.10. The molecule has 7 heteroatoms. The molecule has 2 amide bonds. The highest BCUT2D eigenvalue weighted by atomic mass is 79.9. The van der Waals surface area contributed by atoms with Gasteiger partial charge in [-0.3, -0.25) is 14.5 Å². The van der Waals surface area contributed by atoms with Gasteiger partial charge in [0, 0.05) is 26.6 Å². The number of benzene rings is 2. The maximum Gasteiger partial charge on any atom is 0.293 e. The topological polar surface area (TPSA) is 42.3 Å². The first kappa shape index (κ1) is 22.9. The molecular formula is C25H22BrClN2O2S. The van der Waals surface area contributed by atoms with Gasteiger partial charge in [-0.25, -0.2) is 0 Å². The van der Waals surface area contributed by atoms with Crippen molar-refractivity contribution in [2.45, 2.75) is 34.2 Å². The number of thioether (sulfide) groups is 1. The zero-order chi connectivity index (χ0) is 23.2. The van der Waals surface area contributed by atoms with E-state index in [0.717, 1.165) is 55.6 Å². The average molecular weight is 530 g/mol. The Morgan fingerprint density at radius 2 is 1.72 bits per heavy atom. The van der Waals surface area contributed by atoms with Gasteiger partial charge in [-0.05, 0) is 98.1 Å². The van der Waals surface area contributed by atoms with E-state index in [4.69, 9.17) is 11.6 Å². The van der Waals surface area contributed by atoms with Crippen molar-refractivity contribution < 1.29 is 9.59 Å². The first-order valence-electron chi connectivity index (χ1n) is 10.1. The quantitative estimate of drug-likeness (QED) is 0.332. The van der Waals surface area contributed by atoms with E-state index in [1.807, 2.05) is 38.1 Å². The van der Waals surface area contributed by atoms with Gasteiger partial charge in [0.1, 0.15) is 0 Å². The number of imide groups is 1. The lowest BCUT2D eigenvalue weighted by atomic mass is 10.1. The minimum absolute atomic E-state index is 0.207. The number of aryl methyl sites for hydroxylation is 3. The Labute approximate surface area is 205 Å². The minimum atomic E-state index is -0.278. The van der Waals surface area contributed by atoms with Crippen LogP contribution in [-0.2, 0) is 11.3 Å². The first-order valence-corrected chi connectivity index (χ1v) is 12.1. The van der Waals surface area contributed by atoms with E-state index in [2.05, 4.69) is 46.5 Å². The molecular weight excluding hydrogens is 508 g/mol. The van der Waals surface area contributed by atoms with Gasteiger partial charge >= 0.3 is 0 Å². The summed E-state index contributed by atoms with van der Waals surface area (Å²) in [6, 6.07) is 13.5. The van der Waals surface area contributed by atoms with Crippen LogP contribution in [0.3, 0.4) is 0 Å². The SMILES string of the molecule is Cc1cc(-n2c(C)cc(/C=C3\SC(=O)N(Cc4cccc(Cl)c4)C3=O)c2C)cc(C)c1Br. The van der Waals surface area contributed by atoms with Crippen molar-refractivity contribution in [1.29, 1.82) is 0 Å². The van der Waals surface area contributed by atoms with Gasteiger partial charge in [-0.2, -0.15) is 0 Å². The van der Waals surface area contributed by atoms with Gasteiger partial charge in [-0.1, -0.05) is 39.7 Å². The number of hydrogen-bond donors (Lipinski definition) is 0. The third-order valence-electron chi connectivity index (χ3n) is 5.54. The number of nitrogens with zero attached hydrogens (tertiary/aromatic N) is 2. The maximum atomic E-state index is 13.0. The van der Waals surface area contributed by atoms with Gasteiger partial charge in [0.2, 0.25) is 0 Å². The Morgan fingerprint density at radius 1 is 1.03 bits per heavy atom. The second-order valence-electron chi connectivity index (χ2n) is 7.95. The van der Waals surface area contributed by atoms with E-state index in [1.54, 1.807) is 12.1 Å². The van der Waals surface area contributed by atoms with Crippen LogP contribution in [0.15, 0.2) is 51.8 Å². The van der Waals surface area contributed by atoms with Crippen LogP contribution in [0, 0.1) is 27.7 Å². The van der Waals surface area contributed by atoms with Crippen molar-refractivity contribution in [3.63, 3.8) is 0 Å². The molecule has 0 radical (unpaired) electrons. The molecule has 0 bridgehead atoms. The average Bonchev–Trinajstić information content (AvgIpc) is 3.15. The number of carbonyl (C=O) groups excluding carboxylic acids is 2. The third kappa shape index (κ3) is 4.32. The van der Waals surface area contributed by atoms with Crippen molar-refractivity contribution >= 4 is 56.5 Å². The molecule has 0 spiro atoms. The molecule has 3 aromatic rings. The van der Waals surface area contributed by atoms with E-state index in [1.165, 1.54) is 4.90 Å². The molecule has 4 rings (SSSR count). The number of aromatic nitrogens is 1. The summed E-state index contributed by atoms with van der Waals surface area (Å²) in [5, 5.41) is 0.310. The maximum absolute atomic E-state index is 13.0. The zero-order valence-electron chi connectivity index (χ0n) is 18.2. The molecule has 0 unspecified atom stereocenters. The van der Waals surface area contributed by atoms with Gasteiger partial charge in [-0.15, -0.1) is 0 Å². The fourth-order valence-electron chi connectivity index (χ4n) is 3.98. The van der Waals surface area contributed by atoms with E-state index < -0.39 is 0 Å². The Balaban J connectivity index is 1.66. The molecule has 2 heterocycles. The number of hydrogen-bond acceptors (Lipinski definition) is 3. The Bertz CT molecular complexity index is 1270. The highest BCUT2D eigenvalue weighted by Crippen LogP contribution is 2.35. The summed E-state index contributed by atoms with van der Waals surface area (Å²) in [4.78, 5) is 27.2. The molecule has 1 aromatic heterocycles. The fraction of sp³-hybridized carbons (Fsp3) is 0.200. The summed E-state index contributed by atoms with van der Waals surface area (Å²) in [5.74, 6) is -0.278. The predicted molar refractivity (Wildman–Crippen MR) is 135 cm³/mol. The summed E-state index contributed by atoms with van der Waals surface area (Å²) in [6.45, 7) is 8.43. The highest BCUT2D eigenvalue weighted by Gasteiger charge is 2.35. The molecule has 4 nitrogen and oxygen atoms in total. The van der Waals surface area contributed by atoms with Crippen molar-refractivity contribution in [2.24, 2.45) is 0 Å². The molecule has 0 atom stereocenters.